The van der Waals surface area contributed by atoms with E-state index in [2.05, 4.69) is 27.4 Å². The molecule has 1 unspecified atom stereocenters. The zero-order chi connectivity index (χ0) is 15.3. The van der Waals surface area contributed by atoms with E-state index in [-0.39, 0.29) is 6.10 Å². The summed E-state index contributed by atoms with van der Waals surface area (Å²) in [6.45, 7) is 10.9. The molecule has 120 valence electrons. The van der Waals surface area contributed by atoms with Crippen molar-refractivity contribution in [3.63, 3.8) is 0 Å². The minimum absolute atomic E-state index is 0.259. The number of methoxy groups -OCH3 is 1. The van der Waals surface area contributed by atoms with Crippen molar-refractivity contribution >= 4 is 0 Å². The van der Waals surface area contributed by atoms with Crippen LogP contribution in [0, 0.1) is 5.41 Å². The lowest BCUT2D eigenvalue weighted by Gasteiger charge is -2.30. The average Bonchev–Trinajstić information content (AvgIpc) is 2.50. The van der Waals surface area contributed by atoms with E-state index in [4.69, 9.17) is 4.74 Å². The molecule has 0 aliphatic heterocycles. The summed E-state index contributed by atoms with van der Waals surface area (Å²) >= 11 is 0. The van der Waals surface area contributed by atoms with Gasteiger partial charge < -0.3 is 4.74 Å². The fourth-order valence-corrected chi connectivity index (χ4v) is 3.16. The first-order chi connectivity index (χ1) is 9.67. The van der Waals surface area contributed by atoms with Gasteiger partial charge >= 0.3 is 0 Å². The molecule has 1 heteroatoms. The van der Waals surface area contributed by atoms with E-state index in [0.29, 0.717) is 5.41 Å². The van der Waals surface area contributed by atoms with Crippen LogP contribution in [-0.2, 0) is 4.74 Å². The van der Waals surface area contributed by atoms with Gasteiger partial charge in [-0.3, -0.25) is 0 Å². The Morgan fingerprint density at radius 1 is 0.900 bits per heavy atom. The largest absolute Gasteiger partial charge is 0.377 e. The molecule has 0 spiro atoms. The molecule has 0 aromatic heterocycles. The van der Waals surface area contributed by atoms with Gasteiger partial charge in [-0.15, -0.1) is 6.58 Å². The third kappa shape index (κ3) is 8.09. The first-order valence-corrected chi connectivity index (χ1v) is 8.83. The van der Waals surface area contributed by atoms with Crippen LogP contribution < -0.4 is 0 Å². The van der Waals surface area contributed by atoms with Gasteiger partial charge in [-0.05, 0) is 18.3 Å². The third-order valence-electron chi connectivity index (χ3n) is 5.26. The maximum absolute atomic E-state index is 5.30. The summed E-state index contributed by atoms with van der Waals surface area (Å²) in [7, 11) is 1.77. The summed E-state index contributed by atoms with van der Waals surface area (Å²) < 4.78 is 5.30. The van der Waals surface area contributed by atoms with E-state index in [1.165, 1.54) is 64.2 Å². The van der Waals surface area contributed by atoms with Gasteiger partial charge in [0.1, 0.15) is 0 Å². The van der Waals surface area contributed by atoms with Gasteiger partial charge in [0.15, 0.2) is 0 Å². The summed E-state index contributed by atoms with van der Waals surface area (Å²) in [6, 6.07) is 0. The van der Waals surface area contributed by atoms with E-state index in [9.17, 15) is 0 Å². The SMILES string of the molecule is C=CC(CCCCCCCCC(CC)(CC)CC)OC. The zero-order valence-electron chi connectivity index (χ0n) is 14.5. The highest BCUT2D eigenvalue weighted by atomic mass is 16.5. The quantitative estimate of drug-likeness (QED) is 0.260. The highest BCUT2D eigenvalue weighted by Crippen LogP contribution is 2.36. The number of unbranched alkanes of at least 4 members (excludes halogenated alkanes) is 5. The maximum atomic E-state index is 5.30. The number of ether oxygens (including phenoxy) is 1. The van der Waals surface area contributed by atoms with Gasteiger partial charge in [0.25, 0.3) is 0 Å². The Hall–Kier alpha value is -0.300. The Kier molecular flexibility index (Phi) is 12.3. The first-order valence-electron chi connectivity index (χ1n) is 8.83. The molecule has 0 rings (SSSR count). The Morgan fingerprint density at radius 3 is 1.85 bits per heavy atom. The Bertz CT molecular complexity index is 210. The van der Waals surface area contributed by atoms with Gasteiger partial charge in [0.2, 0.25) is 0 Å². The molecule has 0 bridgehead atoms. The van der Waals surface area contributed by atoms with Crippen molar-refractivity contribution in [2.24, 2.45) is 5.41 Å². The molecule has 1 nitrogen and oxygen atoms in total. The second kappa shape index (κ2) is 12.4. The molecule has 0 aliphatic carbocycles. The van der Waals surface area contributed by atoms with E-state index in [1.54, 1.807) is 7.11 Å². The van der Waals surface area contributed by atoms with Crippen molar-refractivity contribution in [3.8, 4) is 0 Å². The Morgan fingerprint density at radius 2 is 1.40 bits per heavy atom. The van der Waals surface area contributed by atoms with Crippen molar-refractivity contribution < 1.29 is 4.74 Å². The molecular weight excluding hydrogens is 244 g/mol. The lowest BCUT2D eigenvalue weighted by molar-refractivity contribution is 0.131. The smallest absolute Gasteiger partial charge is 0.0749 e. The molecular formula is C19H38O. The predicted octanol–water partition coefficient (Wildman–Crippen LogP) is 6.52. The molecule has 0 heterocycles. The fourth-order valence-electron chi connectivity index (χ4n) is 3.16. The van der Waals surface area contributed by atoms with Crippen molar-refractivity contribution in [1.82, 2.24) is 0 Å². The van der Waals surface area contributed by atoms with Gasteiger partial charge in [-0.1, -0.05) is 84.6 Å². The summed E-state index contributed by atoms with van der Waals surface area (Å²) in [5.74, 6) is 0. The topological polar surface area (TPSA) is 9.23 Å². The molecule has 0 aromatic carbocycles. The van der Waals surface area contributed by atoms with Crippen LogP contribution in [0.2, 0.25) is 0 Å². The Labute approximate surface area is 128 Å². The monoisotopic (exact) mass is 282 g/mol. The van der Waals surface area contributed by atoms with Crippen molar-refractivity contribution in [3.05, 3.63) is 12.7 Å². The molecule has 20 heavy (non-hydrogen) atoms. The van der Waals surface area contributed by atoms with Crippen molar-refractivity contribution in [1.29, 1.82) is 0 Å². The zero-order valence-corrected chi connectivity index (χ0v) is 14.5. The van der Waals surface area contributed by atoms with E-state index < -0.39 is 0 Å². The highest BCUT2D eigenvalue weighted by Gasteiger charge is 2.22. The summed E-state index contributed by atoms with van der Waals surface area (Å²) in [4.78, 5) is 0. The van der Waals surface area contributed by atoms with Crippen LogP contribution in [0.5, 0.6) is 0 Å². The van der Waals surface area contributed by atoms with Crippen LogP contribution in [0.15, 0.2) is 12.7 Å². The van der Waals surface area contributed by atoms with Crippen molar-refractivity contribution in [2.45, 2.75) is 97.5 Å². The van der Waals surface area contributed by atoms with E-state index >= 15 is 0 Å². The summed E-state index contributed by atoms with van der Waals surface area (Å²) in [5, 5.41) is 0. The normalized spacial score (nSPS) is 13.4. The maximum Gasteiger partial charge on any atom is 0.0749 e. The molecule has 0 radical (unpaired) electrons. The first kappa shape index (κ1) is 19.7. The number of hydrogen-bond donors (Lipinski definition) is 0. The molecule has 1 atom stereocenters. The van der Waals surface area contributed by atoms with Crippen LogP contribution in [-0.4, -0.2) is 13.2 Å². The van der Waals surface area contributed by atoms with E-state index in [0.717, 1.165) is 6.42 Å². The molecule has 0 N–H and O–H groups in total. The van der Waals surface area contributed by atoms with Crippen LogP contribution >= 0.6 is 0 Å². The highest BCUT2D eigenvalue weighted by molar-refractivity contribution is 4.79. The number of rotatable bonds is 14. The van der Waals surface area contributed by atoms with Crippen LogP contribution in [0.1, 0.15) is 91.4 Å². The third-order valence-corrected chi connectivity index (χ3v) is 5.26. The molecule has 0 saturated carbocycles. The van der Waals surface area contributed by atoms with Crippen LogP contribution in [0.3, 0.4) is 0 Å². The summed E-state index contributed by atoms with van der Waals surface area (Å²) in [5.41, 5.74) is 0.635. The molecule has 0 fully saturated rings. The second-order valence-electron chi connectivity index (χ2n) is 6.23. The minimum atomic E-state index is 0.259. The minimum Gasteiger partial charge on any atom is -0.377 e. The van der Waals surface area contributed by atoms with Gasteiger partial charge in [-0.2, -0.15) is 0 Å². The van der Waals surface area contributed by atoms with Crippen molar-refractivity contribution in [2.75, 3.05) is 7.11 Å². The second-order valence-corrected chi connectivity index (χ2v) is 6.23. The number of hydrogen-bond acceptors (Lipinski definition) is 1. The average molecular weight is 283 g/mol. The van der Waals surface area contributed by atoms with Crippen LogP contribution in [0.4, 0.5) is 0 Å². The predicted molar refractivity (Wildman–Crippen MR) is 91.2 cm³/mol. The Balaban J connectivity index is 3.51. The van der Waals surface area contributed by atoms with Gasteiger partial charge in [0.05, 0.1) is 6.10 Å². The van der Waals surface area contributed by atoms with E-state index in [1.807, 2.05) is 6.08 Å². The lowest BCUT2D eigenvalue weighted by Crippen LogP contribution is -2.17. The summed E-state index contributed by atoms with van der Waals surface area (Å²) in [6.07, 6.45) is 17.0. The molecule has 0 aromatic rings. The van der Waals surface area contributed by atoms with Gasteiger partial charge in [0, 0.05) is 7.11 Å². The molecule has 0 aliphatic rings. The van der Waals surface area contributed by atoms with Gasteiger partial charge in [-0.25, -0.2) is 0 Å². The lowest BCUT2D eigenvalue weighted by atomic mass is 9.75. The molecule has 0 amide bonds. The standard InChI is InChI=1S/C19H38O/c1-6-18(20-5)16-14-12-10-11-13-15-17-19(7-2,8-3)9-4/h6,18H,1,7-17H2,2-5H3. The van der Waals surface area contributed by atoms with Crippen LogP contribution in [0.25, 0.3) is 0 Å². The fraction of sp³-hybridized carbons (Fsp3) is 0.895. The molecule has 0 saturated heterocycles.